The van der Waals surface area contributed by atoms with E-state index in [0.29, 0.717) is 34.6 Å². The van der Waals surface area contributed by atoms with Crippen LogP contribution in [-0.2, 0) is 13.6 Å². The second kappa shape index (κ2) is 8.92. The maximum Gasteiger partial charge on any atom is 0.258 e. The van der Waals surface area contributed by atoms with Gasteiger partial charge >= 0.3 is 0 Å². The monoisotopic (exact) mass is 453 g/mol. The van der Waals surface area contributed by atoms with Crippen molar-refractivity contribution in [2.45, 2.75) is 27.3 Å². The summed E-state index contributed by atoms with van der Waals surface area (Å²) in [5.41, 5.74) is 4.96. The molecule has 0 fully saturated rings. The van der Waals surface area contributed by atoms with Crippen LogP contribution in [0.4, 0.5) is 5.69 Å². The third-order valence-corrected chi connectivity index (χ3v) is 5.85. The van der Waals surface area contributed by atoms with Crippen LogP contribution < -0.4 is 20.1 Å². The number of hydrogen-bond acceptors (Lipinski definition) is 5. The summed E-state index contributed by atoms with van der Waals surface area (Å²) in [7, 11) is 1.89. The molecule has 2 aromatic carbocycles. The van der Waals surface area contributed by atoms with E-state index < -0.39 is 0 Å². The Morgan fingerprint density at radius 1 is 1.19 bits per heavy atom. The largest absolute Gasteiger partial charge is 0.454 e. The summed E-state index contributed by atoms with van der Waals surface area (Å²) in [4.78, 5) is 17.6. The summed E-state index contributed by atoms with van der Waals surface area (Å²) >= 11 is 6.27. The molecule has 1 aliphatic heterocycles. The molecular weight excluding hydrogens is 430 g/mol. The fourth-order valence-electron chi connectivity index (χ4n) is 3.40. The topological polar surface area (TPSA) is 89.8 Å². The second-order valence-corrected chi connectivity index (χ2v) is 7.90. The van der Waals surface area contributed by atoms with Crippen LogP contribution in [0.25, 0.3) is 0 Å². The molecule has 0 saturated carbocycles. The number of anilines is 1. The van der Waals surface area contributed by atoms with Crippen molar-refractivity contribution < 1.29 is 14.3 Å². The average molecular weight is 454 g/mol. The number of amides is 1. The van der Waals surface area contributed by atoms with Crippen molar-refractivity contribution in [1.29, 1.82) is 0 Å². The standard InChI is InChI=1S/C23H24ClN5O3/c1-13-18(24)6-5-7-19(13)26-23(25-11-17-14(2)28-29(4)15(17)3)27-22(30)16-8-9-20-21(10-16)32-12-31-20/h5-10H,11-12H2,1-4H3,(H2,25,26,27,30). The Hall–Kier alpha value is -3.52. The van der Waals surface area contributed by atoms with E-state index in [1.165, 1.54) is 0 Å². The van der Waals surface area contributed by atoms with Gasteiger partial charge in [-0.3, -0.25) is 14.8 Å². The lowest BCUT2D eigenvalue weighted by Crippen LogP contribution is -2.36. The number of rotatable bonds is 4. The first-order valence-electron chi connectivity index (χ1n) is 10.1. The highest BCUT2D eigenvalue weighted by Gasteiger charge is 2.18. The number of aliphatic imine (C=N–C) groups is 1. The molecule has 4 rings (SSSR count). The van der Waals surface area contributed by atoms with Crippen LogP contribution in [0.2, 0.25) is 5.02 Å². The number of hydrogen-bond donors (Lipinski definition) is 2. The second-order valence-electron chi connectivity index (χ2n) is 7.50. The number of nitrogens with one attached hydrogen (secondary N) is 2. The van der Waals surface area contributed by atoms with E-state index in [2.05, 4.69) is 20.7 Å². The Bertz CT molecular complexity index is 1220. The third kappa shape index (κ3) is 4.40. The minimum Gasteiger partial charge on any atom is -0.454 e. The van der Waals surface area contributed by atoms with Crippen molar-refractivity contribution in [2.24, 2.45) is 12.0 Å². The van der Waals surface area contributed by atoms with Crippen molar-refractivity contribution in [3.8, 4) is 11.5 Å². The van der Waals surface area contributed by atoms with Crippen LogP contribution in [0.15, 0.2) is 41.4 Å². The minimum atomic E-state index is -0.325. The zero-order chi connectivity index (χ0) is 22.8. The molecule has 2 heterocycles. The van der Waals surface area contributed by atoms with Crippen LogP contribution in [0, 0.1) is 20.8 Å². The van der Waals surface area contributed by atoms with Gasteiger partial charge in [-0.2, -0.15) is 5.10 Å². The molecule has 0 aliphatic carbocycles. The zero-order valence-electron chi connectivity index (χ0n) is 18.3. The van der Waals surface area contributed by atoms with Crippen molar-refractivity contribution in [2.75, 3.05) is 12.1 Å². The van der Waals surface area contributed by atoms with E-state index in [1.54, 1.807) is 18.2 Å². The first-order valence-corrected chi connectivity index (χ1v) is 10.5. The average Bonchev–Trinajstić information content (AvgIpc) is 3.33. The van der Waals surface area contributed by atoms with E-state index >= 15 is 0 Å². The number of fused-ring (bicyclic) bond motifs is 1. The predicted octanol–water partition coefficient (Wildman–Crippen LogP) is 4.13. The normalized spacial score (nSPS) is 12.7. The number of aryl methyl sites for hydroxylation is 2. The number of ether oxygens (including phenoxy) is 2. The molecule has 1 aromatic heterocycles. The van der Waals surface area contributed by atoms with Crippen molar-refractivity contribution >= 4 is 29.2 Å². The molecular formula is C23H24ClN5O3. The van der Waals surface area contributed by atoms with Gasteiger partial charge in [0.25, 0.3) is 5.91 Å². The molecule has 166 valence electrons. The number of benzene rings is 2. The summed E-state index contributed by atoms with van der Waals surface area (Å²) in [6.07, 6.45) is 0. The van der Waals surface area contributed by atoms with Gasteiger partial charge in [-0.15, -0.1) is 0 Å². The Labute approximate surface area is 191 Å². The summed E-state index contributed by atoms with van der Waals surface area (Å²) in [6.45, 7) is 6.33. The van der Waals surface area contributed by atoms with E-state index in [9.17, 15) is 4.79 Å². The first-order chi connectivity index (χ1) is 15.3. The molecule has 1 amide bonds. The van der Waals surface area contributed by atoms with Crippen LogP contribution in [0.3, 0.4) is 0 Å². The van der Waals surface area contributed by atoms with Crippen LogP contribution >= 0.6 is 11.6 Å². The van der Waals surface area contributed by atoms with Gasteiger partial charge < -0.3 is 14.8 Å². The van der Waals surface area contributed by atoms with Crippen LogP contribution in [0.5, 0.6) is 11.5 Å². The number of guanidine groups is 1. The van der Waals surface area contributed by atoms with Gasteiger partial charge in [0.1, 0.15) is 0 Å². The SMILES string of the molecule is Cc1nn(C)c(C)c1CN=C(NC(=O)c1ccc2c(c1)OCO2)Nc1cccc(Cl)c1C. The van der Waals surface area contributed by atoms with E-state index in [4.69, 9.17) is 21.1 Å². The Balaban J connectivity index is 1.61. The number of carbonyl (C=O) groups is 1. The molecule has 32 heavy (non-hydrogen) atoms. The summed E-state index contributed by atoms with van der Waals surface area (Å²) in [6, 6.07) is 10.6. The molecule has 2 N–H and O–H groups in total. The van der Waals surface area contributed by atoms with Gasteiger partial charge in [-0.05, 0) is 56.7 Å². The van der Waals surface area contributed by atoms with Crippen LogP contribution in [0.1, 0.15) is 32.9 Å². The Kier molecular flexibility index (Phi) is 6.05. The molecule has 0 atom stereocenters. The molecule has 1 aliphatic rings. The molecule has 0 spiro atoms. The quantitative estimate of drug-likeness (QED) is 0.458. The van der Waals surface area contributed by atoms with Crippen molar-refractivity contribution in [1.82, 2.24) is 15.1 Å². The fraction of sp³-hybridized carbons (Fsp3) is 0.261. The molecule has 3 aromatic rings. The van der Waals surface area contributed by atoms with Crippen molar-refractivity contribution in [3.05, 3.63) is 69.5 Å². The summed E-state index contributed by atoms with van der Waals surface area (Å²) < 4.78 is 12.5. The predicted molar refractivity (Wildman–Crippen MR) is 124 cm³/mol. The molecule has 8 nitrogen and oxygen atoms in total. The smallest absolute Gasteiger partial charge is 0.258 e. The maximum atomic E-state index is 13.0. The van der Waals surface area contributed by atoms with E-state index in [1.807, 2.05) is 50.7 Å². The number of halogens is 1. The zero-order valence-corrected chi connectivity index (χ0v) is 19.1. The van der Waals surface area contributed by atoms with E-state index in [-0.39, 0.29) is 12.7 Å². The fourth-order valence-corrected chi connectivity index (χ4v) is 3.58. The molecule has 0 saturated heterocycles. The summed E-state index contributed by atoms with van der Waals surface area (Å²) in [5.74, 6) is 1.14. The third-order valence-electron chi connectivity index (χ3n) is 5.44. The molecule has 0 bridgehead atoms. The highest BCUT2D eigenvalue weighted by atomic mass is 35.5. The number of nitrogens with zero attached hydrogens (tertiary/aromatic N) is 3. The van der Waals surface area contributed by atoms with Crippen molar-refractivity contribution in [3.63, 3.8) is 0 Å². The van der Waals surface area contributed by atoms with Gasteiger partial charge in [0.05, 0.1) is 12.2 Å². The molecule has 9 heteroatoms. The molecule has 0 unspecified atom stereocenters. The van der Waals surface area contributed by atoms with Gasteiger partial charge in [0.15, 0.2) is 11.5 Å². The first kappa shape index (κ1) is 21.7. The Morgan fingerprint density at radius 2 is 1.97 bits per heavy atom. The lowest BCUT2D eigenvalue weighted by Gasteiger charge is -2.14. The highest BCUT2D eigenvalue weighted by molar-refractivity contribution is 6.31. The maximum absolute atomic E-state index is 13.0. The van der Waals surface area contributed by atoms with Gasteiger partial charge in [0, 0.05) is 34.6 Å². The number of carbonyl (C=O) groups excluding carboxylic acids is 1. The van der Waals surface area contributed by atoms with Gasteiger partial charge in [-0.25, -0.2) is 4.99 Å². The summed E-state index contributed by atoms with van der Waals surface area (Å²) in [5, 5.41) is 11.1. The minimum absolute atomic E-state index is 0.145. The lowest BCUT2D eigenvalue weighted by atomic mass is 10.2. The van der Waals surface area contributed by atoms with Gasteiger partial charge in [-0.1, -0.05) is 17.7 Å². The van der Waals surface area contributed by atoms with Crippen LogP contribution in [-0.4, -0.2) is 28.4 Å². The lowest BCUT2D eigenvalue weighted by molar-refractivity contribution is 0.0976. The highest BCUT2D eigenvalue weighted by Crippen LogP contribution is 2.32. The Morgan fingerprint density at radius 3 is 2.72 bits per heavy atom. The van der Waals surface area contributed by atoms with Gasteiger partial charge in [0.2, 0.25) is 12.8 Å². The molecule has 0 radical (unpaired) electrons. The number of aromatic nitrogens is 2. The van der Waals surface area contributed by atoms with E-state index in [0.717, 1.165) is 28.2 Å².